The first-order chi connectivity index (χ1) is 25.5. The Labute approximate surface area is 319 Å². The maximum Gasteiger partial charge on any atom is 0.469 e. The molecule has 306 valence electrons. The lowest BCUT2D eigenvalue weighted by molar-refractivity contribution is -0.161. The molecule has 0 aromatic carbocycles. The van der Waals surface area contributed by atoms with Gasteiger partial charge in [0.1, 0.15) is 6.61 Å². The lowest BCUT2D eigenvalue weighted by Gasteiger charge is -2.21. The van der Waals surface area contributed by atoms with Gasteiger partial charge in [0.05, 0.1) is 24.9 Å². The molecule has 1 saturated carbocycles. The molecule has 0 saturated heterocycles. The van der Waals surface area contributed by atoms with Gasteiger partial charge in [0.2, 0.25) is 0 Å². The fourth-order valence-corrected chi connectivity index (χ4v) is 6.78. The molecule has 1 aliphatic rings. The van der Waals surface area contributed by atoms with Gasteiger partial charge in [-0.05, 0) is 63.7 Å². The summed E-state index contributed by atoms with van der Waals surface area (Å²) in [5, 5.41) is 31.2. The van der Waals surface area contributed by atoms with Crippen LogP contribution in [0.2, 0.25) is 0 Å². The number of rotatable bonds is 32. The molecule has 5 N–H and O–H groups in total. The van der Waals surface area contributed by atoms with Gasteiger partial charge in [0.25, 0.3) is 0 Å². The Morgan fingerprint density at radius 2 is 1.38 bits per heavy atom. The molecule has 0 aliphatic heterocycles. The molecule has 0 unspecified atom stereocenters. The predicted octanol–water partition coefficient (Wildman–Crippen LogP) is 8.34. The predicted molar refractivity (Wildman–Crippen MR) is 209 cm³/mol. The number of hydrogen-bond donors (Lipinski definition) is 5. The third kappa shape index (κ3) is 27.2. The SMILES string of the molecule is CC/C=C\C/C=C\C/C=C\CCCCCCCC(=O)O[C@H](COC(=O)CCCCCC[C@@H]1[C@@H](/C=C/[C@@H](O)CCCCC)[C@H](O)C[C@@H]1O)COP(=O)(O)O. The average molecular weight is 771 g/mol. The van der Waals surface area contributed by atoms with Crippen LogP contribution in [0.1, 0.15) is 149 Å². The topological polar surface area (TPSA) is 180 Å². The molecule has 0 radical (unpaired) electrons. The van der Waals surface area contributed by atoms with E-state index < -0.39 is 50.8 Å². The number of aliphatic hydroxyl groups is 3. The summed E-state index contributed by atoms with van der Waals surface area (Å²) in [4.78, 5) is 43.0. The van der Waals surface area contributed by atoms with E-state index in [1.165, 1.54) is 0 Å². The van der Waals surface area contributed by atoms with Crippen molar-refractivity contribution >= 4 is 19.8 Å². The molecule has 1 aliphatic carbocycles. The number of phosphoric ester groups is 1. The number of ether oxygens (including phenoxy) is 2. The quantitative estimate of drug-likeness (QED) is 0.0192. The van der Waals surface area contributed by atoms with Crippen LogP contribution in [0, 0.1) is 11.8 Å². The molecule has 0 bridgehead atoms. The Morgan fingerprint density at radius 3 is 2.06 bits per heavy atom. The van der Waals surface area contributed by atoms with Crippen LogP contribution < -0.4 is 0 Å². The Hall–Kier alpha value is -2.11. The maximum absolute atomic E-state index is 12.4. The molecule has 0 aromatic heterocycles. The molecule has 0 aromatic rings. The van der Waals surface area contributed by atoms with Crippen LogP contribution in [-0.2, 0) is 28.2 Å². The minimum absolute atomic E-state index is 0.0855. The summed E-state index contributed by atoms with van der Waals surface area (Å²) >= 11 is 0. The van der Waals surface area contributed by atoms with Crippen molar-refractivity contribution in [1.82, 2.24) is 0 Å². The molecule has 1 rings (SSSR count). The molecular weight excluding hydrogens is 699 g/mol. The first-order valence-electron chi connectivity index (χ1n) is 20.2. The number of hydrogen-bond acceptors (Lipinski definition) is 9. The van der Waals surface area contributed by atoms with Crippen LogP contribution in [0.25, 0.3) is 0 Å². The Morgan fingerprint density at radius 1 is 0.755 bits per heavy atom. The molecule has 53 heavy (non-hydrogen) atoms. The van der Waals surface area contributed by atoms with Gasteiger partial charge in [-0.3, -0.25) is 14.1 Å². The summed E-state index contributed by atoms with van der Waals surface area (Å²) in [6.07, 6.45) is 30.4. The van der Waals surface area contributed by atoms with Crippen LogP contribution in [0.15, 0.2) is 48.6 Å². The summed E-state index contributed by atoms with van der Waals surface area (Å²) in [6.45, 7) is 3.27. The number of aliphatic hydroxyl groups excluding tert-OH is 3. The molecule has 0 heterocycles. The molecular formula is C41H71O11P. The molecule has 0 spiro atoms. The highest BCUT2D eigenvalue weighted by Crippen LogP contribution is 2.37. The van der Waals surface area contributed by atoms with Gasteiger partial charge in [-0.25, -0.2) is 4.57 Å². The van der Waals surface area contributed by atoms with E-state index in [4.69, 9.17) is 19.3 Å². The van der Waals surface area contributed by atoms with Gasteiger partial charge in [-0.15, -0.1) is 0 Å². The number of unbranched alkanes of at least 4 members (excludes halogenated alkanes) is 10. The zero-order valence-corrected chi connectivity index (χ0v) is 33.4. The zero-order valence-electron chi connectivity index (χ0n) is 32.5. The normalized spacial score (nSPS) is 20.7. The van der Waals surface area contributed by atoms with Gasteiger partial charge >= 0.3 is 19.8 Å². The highest BCUT2D eigenvalue weighted by atomic mass is 31.2. The maximum atomic E-state index is 12.4. The highest BCUT2D eigenvalue weighted by Gasteiger charge is 2.39. The van der Waals surface area contributed by atoms with Gasteiger partial charge < -0.3 is 34.6 Å². The second kappa shape index (κ2) is 31.1. The van der Waals surface area contributed by atoms with E-state index in [-0.39, 0.29) is 31.3 Å². The van der Waals surface area contributed by atoms with Gasteiger partial charge in [-0.2, -0.15) is 0 Å². The number of phosphoric acid groups is 1. The van der Waals surface area contributed by atoms with E-state index in [0.29, 0.717) is 25.7 Å². The zero-order chi connectivity index (χ0) is 39.2. The lowest BCUT2D eigenvalue weighted by atomic mass is 9.88. The Balaban J connectivity index is 2.29. The second-order valence-corrected chi connectivity index (χ2v) is 15.4. The highest BCUT2D eigenvalue weighted by molar-refractivity contribution is 7.46. The Kier molecular flexibility index (Phi) is 28.7. The van der Waals surface area contributed by atoms with E-state index in [0.717, 1.165) is 96.3 Å². The minimum atomic E-state index is -4.81. The third-order valence-corrected chi connectivity index (χ3v) is 9.92. The molecule has 0 amide bonds. The first kappa shape index (κ1) is 48.9. The van der Waals surface area contributed by atoms with Crippen molar-refractivity contribution in [2.24, 2.45) is 11.8 Å². The lowest BCUT2D eigenvalue weighted by Crippen LogP contribution is -2.29. The van der Waals surface area contributed by atoms with Crippen molar-refractivity contribution in [3.05, 3.63) is 48.6 Å². The number of allylic oxidation sites excluding steroid dienone is 6. The third-order valence-electron chi connectivity index (χ3n) is 9.43. The first-order valence-corrected chi connectivity index (χ1v) is 21.7. The summed E-state index contributed by atoms with van der Waals surface area (Å²) in [5.41, 5.74) is 0. The Bertz CT molecular complexity index is 1120. The summed E-state index contributed by atoms with van der Waals surface area (Å²) in [6, 6.07) is 0. The van der Waals surface area contributed by atoms with Gasteiger partial charge in [-0.1, -0.05) is 120 Å². The molecule has 11 nitrogen and oxygen atoms in total. The number of carbonyl (C=O) groups excluding carboxylic acids is 2. The van der Waals surface area contributed by atoms with E-state index in [9.17, 15) is 29.5 Å². The fourth-order valence-electron chi connectivity index (χ4n) is 6.42. The van der Waals surface area contributed by atoms with Gasteiger partial charge in [0, 0.05) is 25.2 Å². The van der Waals surface area contributed by atoms with Crippen LogP contribution in [0.4, 0.5) is 0 Å². The van der Waals surface area contributed by atoms with Crippen LogP contribution in [0.3, 0.4) is 0 Å². The number of carbonyl (C=O) groups is 2. The van der Waals surface area contributed by atoms with E-state index in [1.54, 1.807) is 6.08 Å². The van der Waals surface area contributed by atoms with Crippen LogP contribution in [-0.4, -0.2) is 74.7 Å². The monoisotopic (exact) mass is 770 g/mol. The summed E-state index contributed by atoms with van der Waals surface area (Å²) in [5.74, 6) is -1.33. The summed E-state index contributed by atoms with van der Waals surface area (Å²) < 4.78 is 26.4. The van der Waals surface area contributed by atoms with Crippen LogP contribution >= 0.6 is 7.82 Å². The largest absolute Gasteiger partial charge is 0.469 e. The molecule has 12 heteroatoms. The van der Waals surface area contributed by atoms with Crippen molar-refractivity contribution in [2.45, 2.75) is 173 Å². The van der Waals surface area contributed by atoms with E-state index in [1.807, 2.05) is 6.08 Å². The standard InChI is InChI=1S/C41H71O11P/c1-3-5-7-8-9-10-11-12-13-14-15-16-17-18-24-28-41(46)52-35(33-51-53(47,48)49)32-50-40(45)27-23-20-19-22-26-36-37(39(44)31-38(36)43)30-29-34(42)25-21-6-4-2/h5,7,9-10,12-13,29-30,34-39,42-44H,3-4,6,8,11,14-28,31-33H2,1-2H3,(H2,47,48,49)/b7-5-,10-9-,13-12-,30-29+/t34-,35+,36+,37+,38-,39+/m0/s1. The smallest absolute Gasteiger partial charge is 0.462 e. The summed E-state index contributed by atoms with van der Waals surface area (Å²) in [7, 11) is -4.81. The number of esters is 2. The van der Waals surface area contributed by atoms with Gasteiger partial charge in [0.15, 0.2) is 6.10 Å². The minimum Gasteiger partial charge on any atom is -0.462 e. The van der Waals surface area contributed by atoms with Crippen molar-refractivity contribution < 1.29 is 53.3 Å². The van der Waals surface area contributed by atoms with E-state index in [2.05, 4.69) is 54.8 Å². The second-order valence-electron chi connectivity index (χ2n) is 14.2. The van der Waals surface area contributed by atoms with E-state index >= 15 is 0 Å². The fraction of sp³-hybridized carbons (Fsp3) is 0.756. The van der Waals surface area contributed by atoms with Crippen LogP contribution in [0.5, 0.6) is 0 Å². The van der Waals surface area contributed by atoms with Crippen molar-refractivity contribution in [1.29, 1.82) is 0 Å². The van der Waals surface area contributed by atoms with Crippen molar-refractivity contribution in [3.63, 3.8) is 0 Å². The molecule has 6 atom stereocenters. The average Bonchev–Trinajstić information content (AvgIpc) is 3.38. The molecule has 1 fully saturated rings. The van der Waals surface area contributed by atoms with Crippen molar-refractivity contribution in [3.8, 4) is 0 Å². The van der Waals surface area contributed by atoms with Crippen molar-refractivity contribution in [2.75, 3.05) is 13.2 Å².